The summed E-state index contributed by atoms with van der Waals surface area (Å²) >= 11 is 0. The number of fused-ring (bicyclic) bond motifs is 1. The fraction of sp³-hybridized carbons (Fsp3) is 0.480. The van der Waals surface area contributed by atoms with Crippen molar-refractivity contribution in [3.05, 3.63) is 59.2 Å². The summed E-state index contributed by atoms with van der Waals surface area (Å²) in [5, 5.41) is 3.20. The summed E-state index contributed by atoms with van der Waals surface area (Å²) in [7, 11) is -3.62. The molecule has 1 N–H and O–H groups in total. The molecule has 2 heterocycles. The number of sulfonamides is 1. The standard InChI is InChI=1S/C25H32N2O4S/c1-17-7-10-20(11-8-17)32(29,30)27-13-5-6-19(16-27)24(28)26-22-15-25(3,4)31-23-14-18(2)9-12-21(22)23/h7-12,14,19,22H,5-6,13,15-16H2,1-4H3,(H,26,28)/t19-,22+/m1/s1. The van der Waals surface area contributed by atoms with Gasteiger partial charge < -0.3 is 10.1 Å². The number of hydrogen-bond acceptors (Lipinski definition) is 4. The molecule has 4 rings (SSSR count). The highest BCUT2D eigenvalue weighted by Crippen LogP contribution is 2.40. The maximum Gasteiger partial charge on any atom is 0.243 e. The Hall–Kier alpha value is -2.38. The fourth-order valence-electron chi connectivity index (χ4n) is 4.61. The molecule has 32 heavy (non-hydrogen) atoms. The molecule has 0 spiro atoms. The fourth-order valence-corrected chi connectivity index (χ4v) is 6.13. The molecule has 6 nitrogen and oxygen atoms in total. The Balaban J connectivity index is 1.50. The summed E-state index contributed by atoms with van der Waals surface area (Å²) < 4.78 is 33.8. The number of piperidine rings is 1. The predicted molar refractivity (Wildman–Crippen MR) is 124 cm³/mol. The highest BCUT2D eigenvalue weighted by atomic mass is 32.2. The molecule has 0 saturated carbocycles. The smallest absolute Gasteiger partial charge is 0.243 e. The Bertz CT molecular complexity index is 1110. The summed E-state index contributed by atoms with van der Waals surface area (Å²) in [4.78, 5) is 13.5. The molecule has 1 amide bonds. The Kier molecular flexibility index (Phi) is 6.07. The van der Waals surface area contributed by atoms with E-state index in [1.807, 2.05) is 45.9 Å². The minimum atomic E-state index is -3.62. The predicted octanol–water partition coefficient (Wildman–Crippen LogP) is 4.12. The second kappa shape index (κ2) is 8.52. The number of carbonyl (C=O) groups is 1. The first-order valence-corrected chi connectivity index (χ1v) is 12.7. The van der Waals surface area contributed by atoms with Crippen LogP contribution < -0.4 is 10.1 Å². The molecule has 172 valence electrons. The molecule has 1 fully saturated rings. The van der Waals surface area contributed by atoms with Crippen molar-refractivity contribution in [3.63, 3.8) is 0 Å². The molecule has 7 heteroatoms. The van der Waals surface area contributed by atoms with Crippen molar-refractivity contribution in [2.45, 2.75) is 63.5 Å². The summed E-state index contributed by atoms with van der Waals surface area (Å²) in [6.07, 6.45) is 2.00. The number of amides is 1. The SMILES string of the molecule is Cc1ccc(S(=O)(=O)N2CCC[C@@H](C(=O)N[C@H]3CC(C)(C)Oc4cc(C)ccc43)C2)cc1. The molecule has 1 saturated heterocycles. The molecular formula is C25H32N2O4S. The Morgan fingerprint density at radius 1 is 1.09 bits per heavy atom. The van der Waals surface area contributed by atoms with Gasteiger partial charge >= 0.3 is 0 Å². The van der Waals surface area contributed by atoms with E-state index in [-0.39, 0.29) is 29.3 Å². The molecule has 0 unspecified atom stereocenters. The van der Waals surface area contributed by atoms with E-state index in [2.05, 4.69) is 5.32 Å². The van der Waals surface area contributed by atoms with Gasteiger partial charge in [0.2, 0.25) is 15.9 Å². The van der Waals surface area contributed by atoms with Gasteiger partial charge in [0.05, 0.1) is 16.9 Å². The normalized spacial score (nSPS) is 23.1. The molecule has 0 aromatic heterocycles. The first-order chi connectivity index (χ1) is 15.0. The van der Waals surface area contributed by atoms with Crippen LogP contribution in [0.2, 0.25) is 0 Å². The van der Waals surface area contributed by atoms with Crippen LogP contribution in [0.5, 0.6) is 5.75 Å². The topological polar surface area (TPSA) is 75.7 Å². The summed E-state index contributed by atoms with van der Waals surface area (Å²) in [6, 6.07) is 12.8. The van der Waals surface area contributed by atoms with E-state index >= 15 is 0 Å². The average molecular weight is 457 g/mol. The zero-order chi connectivity index (χ0) is 23.1. The Morgan fingerprint density at radius 2 is 1.78 bits per heavy atom. The monoisotopic (exact) mass is 456 g/mol. The van der Waals surface area contributed by atoms with Crippen LogP contribution in [0.25, 0.3) is 0 Å². The van der Waals surface area contributed by atoms with Crippen molar-refractivity contribution in [2.75, 3.05) is 13.1 Å². The minimum absolute atomic E-state index is 0.0944. The number of nitrogens with zero attached hydrogens (tertiary/aromatic N) is 1. The van der Waals surface area contributed by atoms with Gasteiger partial charge in [-0.3, -0.25) is 4.79 Å². The third-order valence-electron chi connectivity index (χ3n) is 6.36. The van der Waals surface area contributed by atoms with Crippen LogP contribution in [-0.4, -0.2) is 37.3 Å². The second-order valence-corrected chi connectivity index (χ2v) is 11.6. The lowest BCUT2D eigenvalue weighted by atomic mass is 9.88. The van der Waals surface area contributed by atoms with Crippen LogP contribution in [0.1, 0.15) is 55.8 Å². The van der Waals surface area contributed by atoms with Crippen LogP contribution in [0.15, 0.2) is 47.4 Å². The van der Waals surface area contributed by atoms with E-state index in [4.69, 9.17) is 4.74 Å². The van der Waals surface area contributed by atoms with Crippen LogP contribution in [0.3, 0.4) is 0 Å². The van der Waals surface area contributed by atoms with Gasteiger partial charge in [-0.15, -0.1) is 0 Å². The van der Waals surface area contributed by atoms with Gasteiger partial charge in [0, 0.05) is 25.1 Å². The highest BCUT2D eigenvalue weighted by molar-refractivity contribution is 7.89. The van der Waals surface area contributed by atoms with Gasteiger partial charge in [0.15, 0.2) is 0 Å². The van der Waals surface area contributed by atoms with E-state index in [1.54, 1.807) is 24.3 Å². The molecule has 2 aromatic carbocycles. The number of carbonyl (C=O) groups excluding carboxylic acids is 1. The summed E-state index contributed by atoms with van der Waals surface area (Å²) in [5.74, 6) is 0.339. The van der Waals surface area contributed by atoms with Gasteiger partial charge in [0.1, 0.15) is 11.4 Å². The highest BCUT2D eigenvalue weighted by Gasteiger charge is 2.38. The molecule has 2 aliphatic rings. The lowest BCUT2D eigenvalue weighted by Crippen LogP contribution is -2.48. The molecule has 0 bridgehead atoms. The number of nitrogens with one attached hydrogen (secondary N) is 1. The van der Waals surface area contributed by atoms with E-state index < -0.39 is 15.6 Å². The molecule has 0 radical (unpaired) electrons. The number of rotatable bonds is 4. The number of aryl methyl sites for hydroxylation is 2. The second-order valence-electron chi connectivity index (χ2n) is 9.68. The summed E-state index contributed by atoms with van der Waals surface area (Å²) in [5.41, 5.74) is 2.69. The van der Waals surface area contributed by atoms with E-state index in [9.17, 15) is 13.2 Å². The van der Waals surface area contributed by atoms with Crippen LogP contribution in [-0.2, 0) is 14.8 Å². The van der Waals surface area contributed by atoms with Gasteiger partial charge in [-0.2, -0.15) is 4.31 Å². The van der Waals surface area contributed by atoms with Crippen molar-refractivity contribution in [3.8, 4) is 5.75 Å². The van der Waals surface area contributed by atoms with Crippen LogP contribution in [0.4, 0.5) is 0 Å². The van der Waals surface area contributed by atoms with Crippen LogP contribution in [0, 0.1) is 19.8 Å². The molecule has 2 aromatic rings. The quantitative estimate of drug-likeness (QED) is 0.751. The van der Waals surface area contributed by atoms with Crippen molar-refractivity contribution >= 4 is 15.9 Å². The van der Waals surface area contributed by atoms with Crippen molar-refractivity contribution in [1.82, 2.24) is 9.62 Å². The van der Waals surface area contributed by atoms with E-state index in [0.29, 0.717) is 25.8 Å². The maximum absolute atomic E-state index is 13.2. The molecule has 2 aliphatic heterocycles. The van der Waals surface area contributed by atoms with Gasteiger partial charge in [-0.1, -0.05) is 29.8 Å². The van der Waals surface area contributed by atoms with Crippen LogP contribution >= 0.6 is 0 Å². The molecule has 2 atom stereocenters. The van der Waals surface area contributed by atoms with Gasteiger partial charge in [0.25, 0.3) is 0 Å². The Labute approximate surface area is 191 Å². The first kappa shape index (κ1) is 22.8. The lowest BCUT2D eigenvalue weighted by molar-refractivity contribution is -0.127. The Morgan fingerprint density at radius 3 is 2.50 bits per heavy atom. The minimum Gasteiger partial charge on any atom is -0.487 e. The van der Waals surface area contributed by atoms with Crippen molar-refractivity contribution in [1.29, 1.82) is 0 Å². The zero-order valence-corrected chi connectivity index (χ0v) is 20.0. The van der Waals surface area contributed by atoms with Crippen molar-refractivity contribution in [2.24, 2.45) is 5.92 Å². The van der Waals surface area contributed by atoms with Gasteiger partial charge in [-0.05, 0) is 64.3 Å². The first-order valence-electron chi connectivity index (χ1n) is 11.2. The van der Waals surface area contributed by atoms with E-state index in [0.717, 1.165) is 22.4 Å². The number of benzene rings is 2. The van der Waals surface area contributed by atoms with Crippen molar-refractivity contribution < 1.29 is 17.9 Å². The summed E-state index contributed by atoms with van der Waals surface area (Å²) in [6.45, 7) is 8.63. The lowest BCUT2D eigenvalue weighted by Gasteiger charge is -2.39. The number of ether oxygens (including phenoxy) is 1. The molecule has 0 aliphatic carbocycles. The third kappa shape index (κ3) is 4.69. The number of hydrogen-bond donors (Lipinski definition) is 1. The van der Waals surface area contributed by atoms with Gasteiger partial charge in [-0.25, -0.2) is 8.42 Å². The maximum atomic E-state index is 13.2. The third-order valence-corrected chi connectivity index (χ3v) is 8.24. The zero-order valence-electron chi connectivity index (χ0n) is 19.2. The van der Waals surface area contributed by atoms with E-state index in [1.165, 1.54) is 4.31 Å². The largest absolute Gasteiger partial charge is 0.487 e. The average Bonchev–Trinajstić information content (AvgIpc) is 2.73. The molecular weight excluding hydrogens is 424 g/mol.